The zero-order chi connectivity index (χ0) is 17.7. The summed E-state index contributed by atoms with van der Waals surface area (Å²) in [5.74, 6) is 0.465. The van der Waals surface area contributed by atoms with Gasteiger partial charge in [0, 0.05) is 0 Å². The van der Waals surface area contributed by atoms with Crippen LogP contribution in [0, 0.1) is 30.9 Å². The Hall–Kier alpha value is -2.90. The summed E-state index contributed by atoms with van der Waals surface area (Å²) < 4.78 is 6.85. The number of nitrogens with zero attached hydrogens (tertiary/aromatic N) is 3. The summed E-state index contributed by atoms with van der Waals surface area (Å²) in [7, 11) is 0. The van der Waals surface area contributed by atoms with E-state index in [0.717, 1.165) is 11.3 Å². The van der Waals surface area contributed by atoms with E-state index in [1.807, 2.05) is 31.2 Å². The molecular formula is C16H20N4O4. The Bertz CT molecular complexity index is 737. The second-order valence-corrected chi connectivity index (χ2v) is 5.45. The van der Waals surface area contributed by atoms with Gasteiger partial charge in [-0.3, -0.25) is 19.6 Å². The van der Waals surface area contributed by atoms with Crippen molar-refractivity contribution < 1.29 is 14.5 Å². The van der Waals surface area contributed by atoms with Crippen LogP contribution < -0.4 is 10.1 Å². The third-order valence-electron chi connectivity index (χ3n) is 3.53. The Morgan fingerprint density at radius 2 is 1.96 bits per heavy atom. The number of aryl methyl sites for hydroxylation is 2. The maximum Gasteiger partial charge on any atom is 0.312 e. The van der Waals surface area contributed by atoms with Crippen LogP contribution in [0.1, 0.15) is 17.0 Å². The lowest BCUT2D eigenvalue weighted by molar-refractivity contribution is -0.386. The van der Waals surface area contributed by atoms with Gasteiger partial charge in [-0.25, -0.2) is 0 Å². The molecule has 0 bridgehead atoms. The van der Waals surface area contributed by atoms with Crippen molar-refractivity contribution in [1.29, 1.82) is 0 Å². The number of hydrogen-bond donors (Lipinski definition) is 1. The highest BCUT2D eigenvalue weighted by molar-refractivity contribution is 5.75. The van der Waals surface area contributed by atoms with Gasteiger partial charge in [0.05, 0.1) is 11.5 Å². The fraction of sp³-hybridized carbons (Fsp3) is 0.375. The maximum absolute atomic E-state index is 11.9. The van der Waals surface area contributed by atoms with Gasteiger partial charge in [-0.05, 0) is 32.9 Å². The van der Waals surface area contributed by atoms with E-state index in [1.165, 1.54) is 4.68 Å². The van der Waals surface area contributed by atoms with Crippen molar-refractivity contribution in [2.45, 2.75) is 27.3 Å². The van der Waals surface area contributed by atoms with Gasteiger partial charge in [-0.1, -0.05) is 17.7 Å². The Kier molecular flexibility index (Phi) is 5.51. The molecule has 0 aliphatic rings. The molecule has 2 aromatic rings. The molecule has 8 nitrogen and oxygen atoms in total. The first-order valence-corrected chi connectivity index (χ1v) is 7.53. The van der Waals surface area contributed by atoms with Crippen molar-refractivity contribution in [3.63, 3.8) is 0 Å². The molecule has 0 aliphatic heterocycles. The first-order chi connectivity index (χ1) is 11.4. The van der Waals surface area contributed by atoms with Gasteiger partial charge in [0.2, 0.25) is 5.91 Å². The summed E-state index contributed by atoms with van der Waals surface area (Å²) in [6, 6.07) is 7.63. The summed E-state index contributed by atoms with van der Waals surface area (Å²) in [5, 5.41) is 17.7. The smallest absolute Gasteiger partial charge is 0.312 e. The van der Waals surface area contributed by atoms with E-state index in [2.05, 4.69) is 10.4 Å². The summed E-state index contributed by atoms with van der Waals surface area (Å²) in [6.45, 7) is 5.74. The molecule has 0 fully saturated rings. The van der Waals surface area contributed by atoms with E-state index in [1.54, 1.807) is 13.8 Å². The molecule has 0 aliphatic carbocycles. The monoisotopic (exact) mass is 332 g/mol. The molecule has 0 atom stereocenters. The lowest BCUT2D eigenvalue weighted by Gasteiger charge is -2.08. The van der Waals surface area contributed by atoms with Crippen LogP contribution in [0.5, 0.6) is 5.75 Å². The van der Waals surface area contributed by atoms with Crippen LogP contribution in [0.2, 0.25) is 0 Å². The molecule has 0 radical (unpaired) electrons. The number of nitro groups is 1. The summed E-state index contributed by atoms with van der Waals surface area (Å²) in [6.07, 6.45) is 0. The first kappa shape index (κ1) is 17.5. The van der Waals surface area contributed by atoms with Gasteiger partial charge in [0.25, 0.3) is 0 Å². The molecule has 1 amide bonds. The number of carbonyl (C=O) groups excluding carboxylic acids is 1. The average molecular weight is 332 g/mol. The fourth-order valence-electron chi connectivity index (χ4n) is 2.29. The molecular weight excluding hydrogens is 312 g/mol. The normalized spacial score (nSPS) is 10.5. The third-order valence-corrected chi connectivity index (χ3v) is 3.53. The zero-order valence-corrected chi connectivity index (χ0v) is 13.9. The van der Waals surface area contributed by atoms with E-state index < -0.39 is 4.92 Å². The molecule has 8 heteroatoms. The number of amides is 1. The van der Waals surface area contributed by atoms with Gasteiger partial charge in [0.15, 0.2) is 0 Å². The lowest BCUT2D eigenvalue weighted by atomic mass is 10.2. The highest BCUT2D eigenvalue weighted by atomic mass is 16.6. The van der Waals surface area contributed by atoms with Crippen molar-refractivity contribution >= 4 is 11.6 Å². The van der Waals surface area contributed by atoms with Crippen LogP contribution in [0.15, 0.2) is 24.3 Å². The van der Waals surface area contributed by atoms with Crippen LogP contribution in [-0.4, -0.2) is 33.8 Å². The van der Waals surface area contributed by atoms with Gasteiger partial charge >= 0.3 is 5.69 Å². The number of benzene rings is 1. The highest BCUT2D eigenvalue weighted by Crippen LogP contribution is 2.21. The van der Waals surface area contributed by atoms with Crippen molar-refractivity contribution in [3.05, 3.63) is 51.3 Å². The van der Waals surface area contributed by atoms with Crippen molar-refractivity contribution in [1.82, 2.24) is 15.1 Å². The standard InChI is InChI=1S/C16H20N4O4/c1-11-4-6-14(7-5-11)24-9-8-17-15(21)10-19-13(3)16(20(22)23)12(2)18-19/h4-7H,8-10H2,1-3H3,(H,17,21). The van der Waals surface area contributed by atoms with Crippen molar-refractivity contribution in [2.24, 2.45) is 0 Å². The number of carbonyl (C=O) groups is 1. The van der Waals surface area contributed by atoms with Crippen LogP contribution in [-0.2, 0) is 11.3 Å². The van der Waals surface area contributed by atoms with Crippen LogP contribution in [0.4, 0.5) is 5.69 Å². The molecule has 1 heterocycles. The van der Waals surface area contributed by atoms with E-state index >= 15 is 0 Å². The summed E-state index contributed by atoms with van der Waals surface area (Å²) >= 11 is 0. The van der Waals surface area contributed by atoms with E-state index in [-0.39, 0.29) is 18.1 Å². The van der Waals surface area contributed by atoms with Gasteiger partial charge in [-0.15, -0.1) is 0 Å². The third kappa shape index (κ3) is 4.31. The molecule has 0 saturated carbocycles. The minimum Gasteiger partial charge on any atom is -0.492 e. The molecule has 2 rings (SSSR count). The van der Waals surface area contributed by atoms with Gasteiger partial charge in [0.1, 0.15) is 30.3 Å². The van der Waals surface area contributed by atoms with Crippen LogP contribution in [0.3, 0.4) is 0 Å². The van der Waals surface area contributed by atoms with Crippen LogP contribution in [0.25, 0.3) is 0 Å². The van der Waals surface area contributed by atoms with Crippen molar-refractivity contribution in [3.8, 4) is 5.75 Å². The SMILES string of the molecule is Cc1ccc(OCCNC(=O)Cn2nc(C)c([N+](=O)[O-])c2C)cc1. The Morgan fingerprint density at radius 1 is 1.29 bits per heavy atom. The lowest BCUT2D eigenvalue weighted by Crippen LogP contribution is -2.31. The second-order valence-electron chi connectivity index (χ2n) is 5.45. The average Bonchev–Trinajstić information content (AvgIpc) is 2.79. The van der Waals surface area contributed by atoms with Gasteiger partial charge in [-0.2, -0.15) is 5.10 Å². The molecule has 1 N–H and O–H groups in total. The Morgan fingerprint density at radius 3 is 2.54 bits per heavy atom. The number of rotatable bonds is 7. The second kappa shape index (κ2) is 7.58. The van der Waals surface area contributed by atoms with E-state index in [4.69, 9.17) is 4.74 Å². The molecule has 128 valence electrons. The maximum atomic E-state index is 11.9. The molecule has 24 heavy (non-hydrogen) atoms. The fourth-order valence-corrected chi connectivity index (χ4v) is 2.29. The molecule has 1 aromatic heterocycles. The predicted molar refractivity (Wildman–Crippen MR) is 88.0 cm³/mol. The molecule has 0 saturated heterocycles. The molecule has 0 spiro atoms. The Labute approximate surface area is 139 Å². The van der Waals surface area contributed by atoms with E-state index in [9.17, 15) is 14.9 Å². The van der Waals surface area contributed by atoms with Crippen LogP contribution >= 0.6 is 0 Å². The van der Waals surface area contributed by atoms with E-state index in [0.29, 0.717) is 24.5 Å². The summed E-state index contributed by atoms with van der Waals surface area (Å²) in [4.78, 5) is 22.4. The molecule has 1 aromatic carbocycles. The molecule has 0 unspecified atom stereocenters. The number of aromatic nitrogens is 2. The van der Waals surface area contributed by atoms with Gasteiger partial charge < -0.3 is 10.1 Å². The minimum absolute atomic E-state index is 0.0505. The topological polar surface area (TPSA) is 99.3 Å². The number of hydrogen-bond acceptors (Lipinski definition) is 5. The van der Waals surface area contributed by atoms with Crippen molar-refractivity contribution in [2.75, 3.05) is 13.2 Å². The largest absolute Gasteiger partial charge is 0.492 e. The Balaban J connectivity index is 1.80. The highest BCUT2D eigenvalue weighted by Gasteiger charge is 2.22. The number of nitrogens with one attached hydrogen (secondary N) is 1. The predicted octanol–water partition coefficient (Wildman–Crippen LogP) is 1.91. The number of ether oxygens (including phenoxy) is 1. The minimum atomic E-state index is -0.485. The summed E-state index contributed by atoms with van der Waals surface area (Å²) in [5.41, 5.74) is 1.76. The quantitative estimate of drug-likeness (QED) is 0.474. The first-order valence-electron chi connectivity index (χ1n) is 7.53. The zero-order valence-electron chi connectivity index (χ0n) is 13.9.